The van der Waals surface area contributed by atoms with Crippen LogP contribution in [0.25, 0.3) is 0 Å². The van der Waals surface area contributed by atoms with Crippen LogP contribution in [0.15, 0.2) is 26.6 Å². The fraction of sp³-hybridized carbons (Fsp3) is 0.655. The molecule has 1 saturated carbocycles. The van der Waals surface area contributed by atoms with Gasteiger partial charge in [-0.15, -0.1) is 0 Å². The molecule has 0 radical (unpaired) electrons. The molecule has 2 N–H and O–H groups in total. The third-order valence-electron chi connectivity index (χ3n) is 8.14. The maximum atomic E-state index is 13.7. The van der Waals surface area contributed by atoms with E-state index in [4.69, 9.17) is 16.3 Å². The smallest absolute Gasteiger partial charge is 0.433 e. The normalized spacial score (nSPS) is 27.0. The van der Waals surface area contributed by atoms with Gasteiger partial charge in [-0.3, -0.25) is 14.4 Å². The Hall–Kier alpha value is -2.58. The van der Waals surface area contributed by atoms with E-state index < -0.39 is 51.0 Å². The topological polar surface area (TPSA) is 164 Å². The SMILES string of the molecule is CC(C)(C)OC(=O)N=CC1CCCCCCC[C@@H]2C[C@@]2(C(=O)NS(=O)(=O)c2cnc(Cl)c(Br)c2)NC(=O)[C@@H]2CCCN2C1=O. The maximum absolute atomic E-state index is 13.7. The molecule has 0 bridgehead atoms. The molecule has 2 saturated heterocycles. The highest BCUT2D eigenvalue weighted by molar-refractivity contribution is 9.10. The van der Waals surface area contributed by atoms with E-state index >= 15 is 0 Å². The molecule has 1 aromatic rings. The zero-order chi connectivity index (χ0) is 32.3. The lowest BCUT2D eigenvalue weighted by molar-refractivity contribution is -0.141. The molecule has 1 unspecified atom stereocenters. The highest BCUT2D eigenvalue weighted by Crippen LogP contribution is 2.48. The van der Waals surface area contributed by atoms with Gasteiger partial charge in [0.15, 0.2) is 0 Å². The van der Waals surface area contributed by atoms with Gasteiger partial charge in [0, 0.05) is 19.0 Å². The molecule has 15 heteroatoms. The first kappa shape index (κ1) is 34.3. The number of pyridine rings is 1. The van der Waals surface area contributed by atoms with Gasteiger partial charge in [0.05, 0.1) is 10.4 Å². The van der Waals surface area contributed by atoms with Gasteiger partial charge in [0.1, 0.15) is 27.2 Å². The number of aliphatic imine (C=N–C) groups is 1. The average Bonchev–Trinajstić information content (AvgIpc) is 3.39. The molecule has 4 atom stereocenters. The van der Waals surface area contributed by atoms with Gasteiger partial charge in [-0.25, -0.2) is 22.9 Å². The van der Waals surface area contributed by atoms with Gasteiger partial charge in [0.25, 0.3) is 15.9 Å². The number of hydrogen-bond donors (Lipinski definition) is 2. The Morgan fingerprint density at radius 1 is 1.16 bits per heavy atom. The van der Waals surface area contributed by atoms with Crippen molar-refractivity contribution in [3.8, 4) is 0 Å². The summed E-state index contributed by atoms with van der Waals surface area (Å²) in [7, 11) is -4.32. The number of carbonyl (C=O) groups is 4. The lowest BCUT2D eigenvalue weighted by Crippen LogP contribution is -2.56. The van der Waals surface area contributed by atoms with Crippen LogP contribution < -0.4 is 10.0 Å². The summed E-state index contributed by atoms with van der Waals surface area (Å²) in [5, 5.41) is 2.92. The first-order chi connectivity index (χ1) is 20.6. The van der Waals surface area contributed by atoms with Crippen LogP contribution in [0.4, 0.5) is 4.79 Å². The van der Waals surface area contributed by atoms with Crippen molar-refractivity contribution < 1.29 is 32.3 Å². The van der Waals surface area contributed by atoms with Crippen LogP contribution in [0.1, 0.15) is 85.0 Å². The van der Waals surface area contributed by atoms with Gasteiger partial charge < -0.3 is 15.0 Å². The zero-order valence-corrected chi connectivity index (χ0v) is 28.3. The summed E-state index contributed by atoms with van der Waals surface area (Å²) in [5.74, 6) is -2.63. The Morgan fingerprint density at radius 2 is 1.84 bits per heavy atom. The number of amides is 4. The van der Waals surface area contributed by atoms with E-state index in [2.05, 4.69) is 35.9 Å². The second-order valence-corrected chi connectivity index (χ2v) is 15.5. The first-order valence-corrected chi connectivity index (χ1v) is 17.6. The number of sulfonamides is 1. The Kier molecular flexibility index (Phi) is 10.8. The summed E-state index contributed by atoms with van der Waals surface area (Å²) < 4.78 is 33.8. The third kappa shape index (κ3) is 8.36. The standard InChI is InChI=1S/C29H39BrClN5O7S/c1-28(2,3)43-27(40)33-16-18-10-7-5-4-6-8-11-19-15-29(19,34-24(37)22-12-9-13-36(22)25(18)38)26(39)35-44(41,42)20-14-21(30)23(31)32-17-20/h14,16-19,22H,4-13,15H2,1-3H3,(H,34,37)(H,35,39)/t18?,19-,22+,29-/m1/s1. The number of fused-ring (bicyclic) bond motifs is 2. The van der Waals surface area contributed by atoms with Crippen LogP contribution in [0.3, 0.4) is 0 Å². The minimum atomic E-state index is -4.32. The molecule has 3 fully saturated rings. The van der Waals surface area contributed by atoms with Crippen molar-refractivity contribution in [3.05, 3.63) is 21.9 Å². The largest absolute Gasteiger partial charge is 0.442 e. The zero-order valence-electron chi connectivity index (χ0n) is 25.1. The molecule has 0 aromatic carbocycles. The highest BCUT2D eigenvalue weighted by Gasteiger charge is 2.62. The number of nitrogens with zero attached hydrogens (tertiary/aromatic N) is 3. The average molecular weight is 717 g/mol. The van der Waals surface area contributed by atoms with Crippen LogP contribution in [0.2, 0.25) is 5.15 Å². The van der Waals surface area contributed by atoms with E-state index in [-0.39, 0.29) is 32.8 Å². The summed E-state index contributed by atoms with van der Waals surface area (Å²) in [4.78, 5) is 62.2. The molecule has 1 aliphatic carbocycles. The first-order valence-electron chi connectivity index (χ1n) is 14.9. The number of nitrogens with one attached hydrogen (secondary N) is 2. The summed E-state index contributed by atoms with van der Waals surface area (Å²) >= 11 is 9.04. The van der Waals surface area contributed by atoms with Crippen molar-refractivity contribution in [2.24, 2.45) is 16.8 Å². The van der Waals surface area contributed by atoms with Crippen LogP contribution in [0, 0.1) is 11.8 Å². The number of carbonyl (C=O) groups excluding carboxylic acids is 4. The van der Waals surface area contributed by atoms with Crippen molar-refractivity contribution in [1.29, 1.82) is 0 Å². The Balaban J connectivity index is 1.55. The Morgan fingerprint density at radius 3 is 2.52 bits per heavy atom. The summed E-state index contributed by atoms with van der Waals surface area (Å²) in [6.45, 7) is 5.51. The van der Waals surface area contributed by atoms with E-state index in [0.29, 0.717) is 32.2 Å². The molecule has 2 aliphatic heterocycles. The highest BCUT2D eigenvalue weighted by atomic mass is 79.9. The van der Waals surface area contributed by atoms with Crippen molar-refractivity contribution in [2.45, 2.75) is 107 Å². The molecule has 12 nitrogen and oxygen atoms in total. The molecule has 242 valence electrons. The fourth-order valence-corrected chi connectivity index (χ4v) is 7.41. The van der Waals surface area contributed by atoms with Gasteiger partial charge in [-0.1, -0.05) is 43.7 Å². The lowest BCUT2D eigenvalue weighted by Gasteiger charge is -2.29. The summed E-state index contributed by atoms with van der Waals surface area (Å²) in [6.07, 6.45) is 8.13. The molecule has 1 aromatic heterocycles. The molecule has 3 aliphatic rings. The third-order valence-corrected chi connectivity index (χ3v) is 10.6. The minimum absolute atomic E-state index is 0.0687. The quantitative estimate of drug-likeness (QED) is 0.339. The molecular weight excluding hydrogens is 678 g/mol. The molecule has 4 amide bonds. The predicted molar refractivity (Wildman–Crippen MR) is 167 cm³/mol. The molecular formula is C29H39BrClN5O7S. The minimum Gasteiger partial charge on any atom is -0.442 e. The number of ether oxygens (including phenoxy) is 1. The molecule has 0 spiro atoms. The fourth-order valence-electron chi connectivity index (χ4n) is 5.79. The molecule has 4 rings (SSSR count). The lowest BCUT2D eigenvalue weighted by atomic mass is 9.99. The summed E-state index contributed by atoms with van der Waals surface area (Å²) in [6, 6.07) is 0.399. The number of aromatic nitrogens is 1. The van der Waals surface area contributed by atoms with E-state index in [9.17, 15) is 27.6 Å². The maximum Gasteiger partial charge on any atom is 0.433 e. The van der Waals surface area contributed by atoms with Gasteiger partial charge in [0.2, 0.25) is 11.8 Å². The number of hydrogen-bond acceptors (Lipinski definition) is 8. The van der Waals surface area contributed by atoms with E-state index in [0.717, 1.165) is 38.3 Å². The number of halogens is 2. The Bertz CT molecular complexity index is 1430. The van der Waals surface area contributed by atoms with Crippen LogP contribution in [-0.2, 0) is 29.1 Å². The molecule has 3 heterocycles. The Labute approximate surface area is 271 Å². The van der Waals surface area contributed by atoms with Crippen LogP contribution >= 0.6 is 27.5 Å². The second kappa shape index (κ2) is 13.8. The van der Waals surface area contributed by atoms with E-state index in [1.807, 2.05) is 0 Å². The van der Waals surface area contributed by atoms with Gasteiger partial charge in [-0.05, 0) is 80.8 Å². The van der Waals surface area contributed by atoms with Gasteiger partial charge >= 0.3 is 6.09 Å². The van der Waals surface area contributed by atoms with Gasteiger partial charge in [-0.2, -0.15) is 4.99 Å². The second-order valence-electron chi connectivity index (χ2n) is 12.6. The van der Waals surface area contributed by atoms with Crippen molar-refractivity contribution in [2.75, 3.05) is 6.54 Å². The number of rotatable bonds is 4. The predicted octanol–water partition coefficient (Wildman–Crippen LogP) is 4.53. The van der Waals surface area contributed by atoms with Crippen molar-refractivity contribution >= 4 is 67.6 Å². The van der Waals surface area contributed by atoms with Crippen LogP contribution in [-0.4, -0.2) is 72.1 Å². The van der Waals surface area contributed by atoms with Crippen molar-refractivity contribution in [3.63, 3.8) is 0 Å². The van der Waals surface area contributed by atoms with Crippen LogP contribution in [0.5, 0.6) is 0 Å². The summed E-state index contributed by atoms with van der Waals surface area (Å²) in [5.41, 5.74) is -2.15. The monoisotopic (exact) mass is 715 g/mol. The molecule has 44 heavy (non-hydrogen) atoms. The van der Waals surface area contributed by atoms with E-state index in [1.165, 1.54) is 17.2 Å². The van der Waals surface area contributed by atoms with E-state index in [1.54, 1.807) is 20.8 Å². The van der Waals surface area contributed by atoms with Crippen molar-refractivity contribution in [1.82, 2.24) is 19.9 Å².